The molecule has 4 rings (SSSR count). The molecule has 3 N–H and O–H groups in total. The van der Waals surface area contributed by atoms with E-state index in [-0.39, 0.29) is 11.8 Å². The summed E-state index contributed by atoms with van der Waals surface area (Å²) in [5.41, 5.74) is 1.14. The number of hydrogen-bond donors (Lipinski definition) is 3. The maximum Gasteiger partial charge on any atom is 0.258 e. The molecule has 1 aliphatic heterocycles. The van der Waals surface area contributed by atoms with Crippen molar-refractivity contribution in [3.05, 3.63) is 47.5 Å². The van der Waals surface area contributed by atoms with Gasteiger partial charge in [-0.2, -0.15) is 0 Å². The zero-order chi connectivity index (χ0) is 16.4. The summed E-state index contributed by atoms with van der Waals surface area (Å²) >= 11 is 0. The van der Waals surface area contributed by atoms with Gasteiger partial charge in [0.25, 0.3) is 11.8 Å². The number of aliphatic hydroxyl groups is 2. The van der Waals surface area contributed by atoms with Gasteiger partial charge in [0.1, 0.15) is 0 Å². The van der Waals surface area contributed by atoms with Crippen LogP contribution >= 0.6 is 0 Å². The number of carbonyl (C=O) groups is 2. The van der Waals surface area contributed by atoms with Gasteiger partial charge in [0.15, 0.2) is 0 Å². The van der Waals surface area contributed by atoms with Gasteiger partial charge in [0, 0.05) is 16.5 Å². The monoisotopic (exact) mass is 313 g/mol. The van der Waals surface area contributed by atoms with Crippen molar-refractivity contribution in [1.29, 1.82) is 0 Å². The Morgan fingerprint density at radius 3 is 1.74 bits per heavy atom. The van der Waals surface area contributed by atoms with Crippen molar-refractivity contribution in [2.75, 3.05) is 0 Å². The fourth-order valence-corrected chi connectivity index (χ4v) is 3.05. The van der Waals surface area contributed by atoms with E-state index in [1.807, 2.05) is 24.3 Å². The van der Waals surface area contributed by atoms with Crippen molar-refractivity contribution in [3.63, 3.8) is 0 Å². The second-order valence-corrected chi connectivity index (χ2v) is 5.91. The first-order valence-corrected chi connectivity index (χ1v) is 7.81. The van der Waals surface area contributed by atoms with Crippen LogP contribution in [0.25, 0.3) is 10.8 Å². The third-order valence-corrected chi connectivity index (χ3v) is 4.31. The predicted octanol–water partition coefficient (Wildman–Crippen LogP) is 2.01. The van der Waals surface area contributed by atoms with Gasteiger partial charge in [-0.15, -0.1) is 0 Å². The van der Waals surface area contributed by atoms with Gasteiger partial charge in [-0.3, -0.25) is 14.9 Å². The maximum absolute atomic E-state index is 11.6. The standard InChI is InChI=1S/C12H7NO2.C6H12O2/c14-11-8-5-1-3-7-4-2-6-9(10(7)8)12(15)13-11;7-5-3-1-2-4-6(5)8/h1-6H,(H,13,14,15);5-8H,1-4H2/t;5-,6+. The molecule has 0 spiro atoms. The number of nitrogens with one attached hydrogen (secondary N) is 1. The Morgan fingerprint density at radius 2 is 1.30 bits per heavy atom. The van der Waals surface area contributed by atoms with E-state index in [0.29, 0.717) is 11.1 Å². The molecule has 120 valence electrons. The summed E-state index contributed by atoms with van der Waals surface area (Å²) in [4.78, 5) is 23.1. The lowest BCUT2D eigenvalue weighted by Crippen LogP contribution is -2.34. The Morgan fingerprint density at radius 1 is 0.826 bits per heavy atom. The van der Waals surface area contributed by atoms with E-state index in [9.17, 15) is 9.59 Å². The van der Waals surface area contributed by atoms with Crippen molar-refractivity contribution in [3.8, 4) is 0 Å². The Labute approximate surface area is 133 Å². The van der Waals surface area contributed by atoms with Crippen LogP contribution in [0, 0.1) is 0 Å². The molecule has 5 heteroatoms. The van der Waals surface area contributed by atoms with Gasteiger partial charge < -0.3 is 10.2 Å². The topological polar surface area (TPSA) is 86.6 Å². The minimum Gasteiger partial charge on any atom is -0.390 e. The molecular weight excluding hydrogens is 294 g/mol. The number of imide groups is 1. The lowest BCUT2D eigenvalue weighted by molar-refractivity contribution is -0.00865. The van der Waals surface area contributed by atoms with E-state index in [1.165, 1.54) is 0 Å². The van der Waals surface area contributed by atoms with E-state index in [4.69, 9.17) is 10.2 Å². The molecule has 0 unspecified atom stereocenters. The summed E-state index contributed by atoms with van der Waals surface area (Å²) in [5.74, 6) is -0.631. The van der Waals surface area contributed by atoms with Gasteiger partial charge in [0.05, 0.1) is 12.2 Å². The second kappa shape index (κ2) is 6.48. The average molecular weight is 313 g/mol. The van der Waals surface area contributed by atoms with Crippen molar-refractivity contribution in [1.82, 2.24) is 5.32 Å². The summed E-state index contributed by atoms with van der Waals surface area (Å²) in [6.45, 7) is 0. The van der Waals surface area contributed by atoms with Crippen LogP contribution in [0.4, 0.5) is 0 Å². The highest BCUT2D eigenvalue weighted by Crippen LogP contribution is 2.25. The Kier molecular flexibility index (Phi) is 4.41. The third-order valence-electron chi connectivity index (χ3n) is 4.31. The quantitative estimate of drug-likeness (QED) is 0.649. The summed E-state index contributed by atoms with van der Waals surface area (Å²) in [5, 5.41) is 21.9. The molecule has 2 amide bonds. The molecule has 23 heavy (non-hydrogen) atoms. The molecule has 1 heterocycles. The Bertz CT molecular complexity index is 697. The number of aliphatic hydroxyl groups excluding tert-OH is 2. The Hall–Kier alpha value is -2.24. The highest BCUT2D eigenvalue weighted by Gasteiger charge is 2.23. The summed E-state index contributed by atoms with van der Waals surface area (Å²) in [6.07, 6.45) is 2.81. The molecule has 2 aliphatic rings. The number of amides is 2. The zero-order valence-corrected chi connectivity index (χ0v) is 12.7. The van der Waals surface area contributed by atoms with Crippen LogP contribution in [-0.2, 0) is 0 Å². The normalized spacial score (nSPS) is 23.0. The predicted molar refractivity (Wildman–Crippen MR) is 86.2 cm³/mol. The first kappa shape index (κ1) is 15.6. The summed E-state index contributed by atoms with van der Waals surface area (Å²) < 4.78 is 0. The van der Waals surface area contributed by atoms with E-state index in [1.54, 1.807) is 12.1 Å². The highest BCUT2D eigenvalue weighted by atomic mass is 16.3. The van der Waals surface area contributed by atoms with Crippen molar-refractivity contribution in [2.24, 2.45) is 0 Å². The molecule has 1 fully saturated rings. The summed E-state index contributed by atoms with van der Waals surface area (Å²) in [6, 6.07) is 10.9. The molecule has 2 aromatic carbocycles. The first-order valence-electron chi connectivity index (χ1n) is 7.81. The number of rotatable bonds is 0. The smallest absolute Gasteiger partial charge is 0.258 e. The van der Waals surface area contributed by atoms with E-state index in [0.717, 1.165) is 36.5 Å². The van der Waals surface area contributed by atoms with Crippen LogP contribution in [0.5, 0.6) is 0 Å². The molecule has 2 atom stereocenters. The Balaban J connectivity index is 0.000000166. The fourth-order valence-electron chi connectivity index (χ4n) is 3.05. The van der Waals surface area contributed by atoms with E-state index >= 15 is 0 Å². The SMILES string of the molecule is O=C1NC(=O)c2cccc3cccc1c23.O[C@@H]1CCCC[C@@H]1O. The summed E-state index contributed by atoms with van der Waals surface area (Å²) in [7, 11) is 0. The molecule has 0 aromatic heterocycles. The van der Waals surface area contributed by atoms with Crippen LogP contribution in [0.15, 0.2) is 36.4 Å². The van der Waals surface area contributed by atoms with Gasteiger partial charge in [-0.1, -0.05) is 37.1 Å². The lowest BCUT2D eigenvalue weighted by Gasteiger charge is -2.22. The third kappa shape index (κ3) is 3.11. The minimum atomic E-state index is -0.441. The molecule has 1 aliphatic carbocycles. The molecule has 0 saturated heterocycles. The van der Waals surface area contributed by atoms with Gasteiger partial charge in [-0.05, 0) is 30.4 Å². The van der Waals surface area contributed by atoms with Crippen molar-refractivity contribution >= 4 is 22.6 Å². The van der Waals surface area contributed by atoms with Crippen LogP contribution in [0.1, 0.15) is 46.4 Å². The molecular formula is C18H19NO4. The fraction of sp³-hybridized carbons (Fsp3) is 0.333. The van der Waals surface area contributed by atoms with Gasteiger partial charge >= 0.3 is 0 Å². The lowest BCUT2D eigenvalue weighted by atomic mass is 9.95. The number of carbonyl (C=O) groups excluding carboxylic acids is 2. The maximum atomic E-state index is 11.6. The van der Waals surface area contributed by atoms with Gasteiger partial charge in [0.2, 0.25) is 0 Å². The van der Waals surface area contributed by atoms with E-state index < -0.39 is 12.2 Å². The van der Waals surface area contributed by atoms with Crippen LogP contribution < -0.4 is 5.32 Å². The molecule has 0 radical (unpaired) electrons. The first-order chi connectivity index (χ1) is 11.1. The molecule has 1 saturated carbocycles. The zero-order valence-electron chi connectivity index (χ0n) is 12.7. The van der Waals surface area contributed by atoms with Crippen LogP contribution in [0.2, 0.25) is 0 Å². The molecule has 5 nitrogen and oxygen atoms in total. The van der Waals surface area contributed by atoms with Gasteiger partial charge in [-0.25, -0.2) is 0 Å². The number of hydrogen-bond acceptors (Lipinski definition) is 4. The average Bonchev–Trinajstić information content (AvgIpc) is 2.56. The van der Waals surface area contributed by atoms with Crippen molar-refractivity contribution in [2.45, 2.75) is 37.9 Å². The second-order valence-electron chi connectivity index (χ2n) is 5.91. The largest absolute Gasteiger partial charge is 0.390 e. The van der Waals surface area contributed by atoms with Crippen LogP contribution in [0.3, 0.4) is 0 Å². The van der Waals surface area contributed by atoms with Crippen molar-refractivity contribution < 1.29 is 19.8 Å². The molecule has 2 aromatic rings. The number of benzene rings is 2. The van der Waals surface area contributed by atoms with E-state index in [2.05, 4.69) is 5.32 Å². The van der Waals surface area contributed by atoms with Crippen LogP contribution in [-0.4, -0.2) is 34.2 Å². The molecule has 0 bridgehead atoms. The highest BCUT2D eigenvalue weighted by molar-refractivity contribution is 6.25. The minimum absolute atomic E-state index is 0.315.